The maximum atomic E-state index is 14.9. The van der Waals surface area contributed by atoms with Crippen LogP contribution >= 0.6 is 22.9 Å². The summed E-state index contributed by atoms with van der Waals surface area (Å²) in [5, 5.41) is 5.00. The third kappa shape index (κ3) is 7.01. The lowest BCUT2D eigenvalue weighted by molar-refractivity contribution is -0.163. The van der Waals surface area contributed by atoms with Gasteiger partial charge in [0.25, 0.3) is 11.8 Å². The monoisotopic (exact) mass is 576 g/mol. The second-order valence-corrected chi connectivity index (χ2v) is 10.7. The molecule has 2 fully saturated rings. The molecule has 1 atom stereocenters. The summed E-state index contributed by atoms with van der Waals surface area (Å²) in [6.07, 6.45) is -2.91. The number of hydrogen-bond acceptors (Lipinski definition) is 6. The molecule has 1 aliphatic heterocycles. The lowest BCUT2D eigenvalue weighted by Gasteiger charge is -2.42. The summed E-state index contributed by atoms with van der Waals surface area (Å²) in [7, 11) is 0. The maximum absolute atomic E-state index is 14.9. The van der Waals surface area contributed by atoms with E-state index in [0.717, 1.165) is 28.7 Å². The van der Waals surface area contributed by atoms with Crippen LogP contribution in [0.3, 0.4) is 0 Å². The second kappa shape index (κ2) is 12.0. The number of anilines is 2. The van der Waals surface area contributed by atoms with Gasteiger partial charge in [0.05, 0.1) is 28.1 Å². The lowest BCUT2D eigenvalue weighted by atomic mass is 9.90. The molecule has 2 aliphatic rings. The minimum absolute atomic E-state index is 0.00103. The Kier molecular flexibility index (Phi) is 8.91. The average Bonchev–Trinajstić information content (AvgIpc) is 3.24. The molecule has 1 saturated carbocycles. The number of halogens is 5. The Bertz CT molecular complexity index is 1190. The zero-order valence-corrected chi connectivity index (χ0v) is 21.6. The van der Waals surface area contributed by atoms with Crippen LogP contribution in [0.1, 0.15) is 28.9 Å². The molecule has 0 bridgehead atoms. The van der Waals surface area contributed by atoms with Crippen LogP contribution in [0.5, 0.6) is 0 Å². The predicted octanol–water partition coefficient (Wildman–Crippen LogP) is 4.06. The number of amides is 3. The van der Waals surface area contributed by atoms with Gasteiger partial charge in [-0.25, -0.2) is 4.39 Å². The number of nitrogens with zero attached hydrogens (tertiary/aromatic N) is 2. The van der Waals surface area contributed by atoms with Crippen molar-refractivity contribution in [1.82, 2.24) is 10.2 Å². The Morgan fingerprint density at radius 2 is 2.00 bits per heavy atom. The standard InChI is InChI=1S/C24H25ClF4N4O4S/c25-20-7-6-19(38-20)23(36)30-11-18(33(13-24(27,28)29)15-2-1-3-15)22(35)31-14-4-5-17(16(26)10-14)32-8-9-37-12-21(32)34/h4-7,10,15,18H,1-3,8-9,11-13H2,(H,30,36)(H,31,35)/t18-/m0/s1. The van der Waals surface area contributed by atoms with E-state index in [1.807, 2.05) is 0 Å². The van der Waals surface area contributed by atoms with Crippen molar-refractivity contribution in [3.05, 3.63) is 45.4 Å². The van der Waals surface area contributed by atoms with Gasteiger partial charge in [0.15, 0.2) is 0 Å². The zero-order valence-electron chi connectivity index (χ0n) is 20.0. The van der Waals surface area contributed by atoms with Gasteiger partial charge in [-0.05, 0) is 43.2 Å². The molecule has 0 radical (unpaired) electrons. The summed E-state index contributed by atoms with van der Waals surface area (Å²) >= 11 is 6.86. The number of rotatable bonds is 9. The van der Waals surface area contributed by atoms with Crippen molar-refractivity contribution in [2.24, 2.45) is 0 Å². The molecule has 4 rings (SSSR count). The summed E-state index contributed by atoms with van der Waals surface area (Å²) in [5.41, 5.74) is 0.00165. The molecular formula is C24H25ClF4N4O4S. The largest absolute Gasteiger partial charge is 0.401 e. The predicted molar refractivity (Wildman–Crippen MR) is 134 cm³/mol. The summed E-state index contributed by atoms with van der Waals surface area (Å²) in [5.74, 6) is -2.62. The molecule has 38 heavy (non-hydrogen) atoms. The molecule has 1 saturated heterocycles. The first-order chi connectivity index (χ1) is 18.0. The minimum atomic E-state index is -4.59. The molecule has 3 amide bonds. The molecule has 14 heteroatoms. The van der Waals surface area contributed by atoms with E-state index < -0.39 is 54.9 Å². The molecule has 0 unspecified atom stereocenters. The smallest absolute Gasteiger partial charge is 0.370 e. The Balaban J connectivity index is 1.53. The van der Waals surface area contributed by atoms with Crippen molar-refractivity contribution in [2.45, 2.75) is 37.5 Å². The van der Waals surface area contributed by atoms with Gasteiger partial charge in [0, 0.05) is 24.8 Å². The quantitative estimate of drug-likeness (QED) is 0.440. The van der Waals surface area contributed by atoms with Crippen LogP contribution in [0.2, 0.25) is 4.34 Å². The maximum Gasteiger partial charge on any atom is 0.401 e. The van der Waals surface area contributed by atoms with Gasteiger partial charge in [-0.1, -0.05) is 18.0 Å². The summed E-state index contributed by atoms with van der Waals surface area (Å²) in [6.45, 7) is -1.53. The highest BCUT2D eigenvalue weighted by Gasteiger charge is 2.42. The number of nitrogens with one attached hydrogen (secondary N) is 2. The Labute approximate surface area is 224 Å². The van der Waals surface area contributed by atoms with Crippen LogP contribution in [-0.4, -0.2) is 73.7 Å². The van der Waals surface area contributed by atoms with E-state index in [-0.39, 0.29) is 36.0 Å². The average molecular weight is 577 g/mol. The van der Waals surface area contributed by atoms with E-state index in [2.05, 4.69) is 10.6 Å². The number of benzene rings is 1. The van der Waals surface area contributed by atoms with E-state index in [1.165, 1.54) is 29.2 Å². The highest BCUT2D eigenvalue weighted by molar-refractivity contribution is 7.18. The van der Waals surface area contributed by atoms with Crippen molar-refractivity contribution in [2.75, 3.05) is 43.1 Å². The van der Waals surface area contributed by atoms with Crippen molar-refractivity contribution in [1.29, 1.82) is 0 Å². The molecule has 2 heterocycles. The van der Waals surface area contributed by atoms with Gasteiger partial charge in [-0.2, -0.15) is 13.2 Å². The van der Waals surface area contributed by atoms with Gasteiger partial charge in [0.1, 0.15) is 18.5 Å². The summed E-state index contributed by atoms with van der Waals surface area (Å²) < 4.78 is 60.7. The highest BCUT2D eigenvalue weighted by Crippen LogP contribution is 2.31. The third-order valence-corrected chi connectivity index (χ3v) is 7.58. The van der Waals surface area contributed by atoms with Crippen LogP contribution in [-0.2, 0) is 14.3 Å². The van der Waals surface area contributed by atoms with Crippen molar-refractivity contribution in [3.8, 4) is 0 Å². The number of ether oxygens (including phenoxy) is 1. The van der Waals surface area contributed by atoms with Crippen LogP contribution in [0.4, 0.5) is 28.9 Å². The van der Waals surface area contributed by atoms with E-state index in [4.69, 9.17) is 16.3 Å². The molecule has 1 aliphatic carbocycles. The highest BCUT2D eigenvalue weighted by atomic mass is 35.5. The Morgan fingerprint density at radius 1 is 1.24 bits per heavy atom. The fourth-order valence-corrected chi connectivity index (χ4v) is 5.25. The van der Waals surface area contributed by atoms with Gasteiger partial charge >= 0.3 is 6.18 Å². The minimum Gasteiger partial charge on any atom is -0.370 e. The zero-order chi connectivity index (χ0) is 27.4. The summed E-state index contributed by atoms with van der Waals surface area (Å²) in [4.78, 5) is 40.4. The number of carbonyl (C=O) groups excluding carboxylic acids is 3. The fraction of sp³-hybridized carbons (Fsp3) is 0.458. The van der Waals surface area contributed by atoms with E-state index in [0.29, 0.717) is 17.2 Å². The molecule has 2 N–H and O–H groups in total. The van der Waals surface area contributed by atoms with Gasteiger partial charge in [0.2, 0.25) is 5.91 Å². The number of thiophene rings is 1. The molecule has 206 valence electrons. The van der Waals surface area contributed by atoms with Crippen LogP contribution in [0.25, 0.3) is 0 Å². The first-order valence-electron chi connectivity index (χ1n) is 11.9. The van der Waals surface area contributed by atoms with Gasteiger partial charge in [-0.3, -0.25) is 19.3 Å². The first kappa shape index (κ1) is 28.3. The number of hydrogen-bond donors (Lipinski definition) is 2. The number of morpholine rings is 1. The Morgan fingerprint density at radius 3 is 2.58 bits per heavy atom. The number of carbonyl (C=O) groups is 3. The van der Waals surface area contributed by atoms with Crippen molar-refractivity contribution >= 4 is 52.0 Å². The molecule has 1 aromatic heterocycles. The fourth-order valence-electron chi connectivity index (χ4n) is 4.29. The Hall–Kier alpha value is -2.74. The SMILES string of the molecule is O=C(NC[C@@H](C(=O)Nc1ccc(N2CCOCC2=O)c(F)c1)N(CC(F)(F)F)C1CCC1)c1ccc(Cl)s1. The van der Waals surface area contributed by atoms with Crippen LogP contribution < -0.4 is 15.5 Å². The van der Waals surface area contributed by atoms with E-state index in [1.54, 1.807) is 0 Å². The normalized spacial score (nSPS) is 17.3. The van der Waals surface area contributed by atoms with Crippen molar-refractivity contribution in [3.63, 3.8) is 0 Å². The third-order valence-electron chi connectivity index (χ3n) is 6.35. The summed E-state index contributed by atoms with van der Waals surface area (Å²) in [6, 6.07) is 4.77. The van der Waals surface area contributed by atoms with Gasteiger partial charge in [-0.15, -0.1) is 11.3 Å². The topological polar surface area (TPSA) is 91.0 Å². The van der Waals surface area contributed by atoms with Gasteiger partial charge < -0.3 is 20.3 Å². The molecule has 2 aromatic rings. The van der Waals surface area contributed by atoms with Crippen LogP contribution in [0, 0.1) is 5.82 Å². The van der Waals surface area contributed by atoms with E-state index in [9.17, 15) is 31.9 Å². The van der Waals surface area contributed by atoms with Crippen LogP contribution in [0.15, 0.2) is 30.3 Å². The van der Waals surface area contributed by atoms with Crippen molar-refractivity contribution < 1.29 is 36.7 Å². The lowest BCUT2D eigenvalue weighted by Crippen LogP contribution is -2.58. The molecule has 8 nitrogen and oxygen atoms in total. The molecule has 1 aromatic carbocycles. The first-order valence-corrected chi connectivity index (χ1v) is 13.1. The van der Waals surface area contributed by atoms with E-state index >= 15 is 0 Å². The second-order valence-electron chi connectivity index (χ2n) is 8.96. The number of alkyl halides is 3. The molecule has 0 spiro atoms. The molecular weight excluding hydrogens is 552 g/mol.